The number of carbonyl (C=O) groups excluding carboxylic acids is 1. The van der Waals surface area contributed by atoms with Crippen molar-refractivity contribution in [1.82, 2.24) is 0 Å². The van der Waals surface area contributed by atoms with Crippen LogP contribution in [0.1, 0.15) is 15.9 Å². The highest BCUT2D eigenvalue weighted by molar-refractivity contribution is 7.87. The summed E-state index contributed by atoms with van der Waals surface area (Å²) in [5.41, 5.74) is 1.94. The van der Waals surface area contributed by atoms with Gasteiger partial charge in [0.25, 0.3) is 46.4 Å². The number of carbonyl (C=O) groups is 1. The third kappa shape index (κ3) is 8.98. The highest BCUT2D eigenvalue weighted by Gasteiger charge is 2.21. The maximum absolute atomic E-state index is 13.0. The van der Waals surface area contributed by atoms with Crippen molar-refractivity contribution in [3.63, 3.8) is 0 Å². The molecule has 6 rings (SSSR count). The number of azo groups is 2. The van der Waals surface area contributed by atoms with Crippen molar-refractivity contribution in [3.05, 3.63) is 114 Å². The summed E-state index contributed by atoms with van der Waals surface area (Å²) in [5, 5.41) is 19.5. The summed E-state index contributed by atoms with van der Waals surface area (Å²) in [6.45, 7) is 1.69. The van der Waals surface area contributed by atoms with E-state index in [0.29, 0.717) is 23.0 Å². The molecule has 0 fully saturated rings. The zero-order valence-electron chi connectivity index (χ0n) is 28.2. The largest absolute Gasteiger partial charge is 0.322 e. The zero-order valence-corrected chi connectivity index (χ0v) is 31.5. The summed E-state index contributed by atoms with van der Waals surface area (Å²) < 4.78 is 132. The Morgan fingerprint density at radius 1 is 0.500 bits per heavy atom. The molecule has 1 amide bonds. The molecule has 0 aliphatic carbocycles. The van der Waals surface area contributed by atoms with Crippen LogP contribution < -0.4 is 5.32 Å². The highest BCUT2D eigenvalue weighted by Crippen LogP contribution is 2.34. The van der Waals surface area contributed by atoms with Crippen molar-refractivity contribution in [2.45, 2.75) is 26.5 Å². The summed E-state index contributed by atoms with van der Waals surface area (Å²) in [7, 11) is -19.0. The van der Waals surface area contributed by atoms with Crippen molar-refractivity contribution in [2.24, 2.45) is 20.5 Å². The number of nitrogens with zero attached hydrogens (tertiary/aromatic N) is 4. The van der Waals surface area contributed by atoms with E-state index in [0.717, 1.165) is 30.3 Å². The number of aryl methyl sites for hydroxylation is 1. The third-order valence-electron chi connectivity index (χ3n) is 8.05. The number of benzene rings is 6. The molecule has 56 heavy (non-hydrogen) atoms. The van der Waals surface area contributed by atoms with Gasteiger partial charge >= 0.3 is 0 Å². The van der Waals surface area contributed by atoms with E-state index in [9.17, 15) is 56.7 Å². The molecule has 0 atom stereocenters. The number of hydrogen-bond acceptors (Lipinski definition) is 13. The van der Waals surface area contributed by atoms with E-state index in [1.165, 1.54) is 48.5 Å². The quantitative estimate of drug-likeness (QED) is 0.0665. The van der Waals surface area contributed by atoms with Crippen LogP contribution in [0.3, 0.4) is 0 Å². The van der Waals surface area contributed by atoms with Gasteiger partial charge in [0, 0.05) is 22.0 Å². The average Bonchev–Trinajstić information content (AvgIpc) is 3.11. The maximum atomic E-state index is 13.0. The first-order valence-electron chi connectivity index (χ1n) is 15.5. The zero-order chi connectivity index (χ0) is 40.8. The second-order valence-electron chi connectivity index (χ2n) is 12.0. The minimum absolute atomic E-state index is 0.0329. The molecule has 0 spiro atoms. The minimum Gasteiger partial charge on any atom is -0.322 e. The predicted molar refractivity (Wildman–Crippen MR) is 201 cm³/mol. The van der Waals surface area contributed by atoms with Gasteiger partial charge in [-0.15, -0.1) is 5.11 Å². The van der Waals surface area contributed by atoms with Crippen molar-refractivity contribution in [3.8, 4) is 0 Å². The van der Waals surface area contributed by atoms with Crippen molar-refractivity contribution >= 4 is 96.4 Å². The van der Waals surface area contributed by atoms with Crippen LogP contribution in [0.5, 0.6) is 0 Å². The van der Waals surface area contributed by atoms with Gasteiger partial charge in [0.15, 0.2) is 0 Å². The summed E-state index contributed by atoms with van der Waals surface area (Å²) >= 11 is 0. The molecule has 0 saturated carbocycles. The van der Waals surface area contributed by atoms with Crippen LogP contribution in [0.15, 0.2) is 143 Å². The Labute approximate surface area is 318 Å². The highest BCUT2D eigenvalue weighted by atomic mass is 32.2. The molecule has 0 aliphatic rings. The third-order valence-corrected chi connectivity index (χ3v) is 11.5. The van der Waals surface area contributed by atoms with Crippen LogP contribution in [0.2, 0.25) is 0 Å². The number of anilines is 1. The smallest absolute Gasteiger partial charge is 0.295 e. The Hall–Kier alpha value is -5.85. The second-order valence-corrected chi connectivity index (χ2v) is 17.6. The first kappa shape index (κ1) is 39.8. The standard InChI is InChI=1S/C34H25N5O13S4/c1-19-12-24(8-11-31(19)38-37-25-7-4-21-13-28(55(47,48)49)18-33(30(21)16-25)56(50,51)52)35-34(40)20-2-5-23(6-3-20)36-39-32-17-27(54(44,45)46)15-22-14-26(53(41,42)43)9-10-29(22)32/h2-18H,1H3,(H,35,40)(H,41,42,43)(H,44,45,46)(H,47,48,49)(H,50,51,52). The molecule has 288 valence electrons. The van der Waals surface area contributed by atoms with E-state index in [4.69, 9.17) is 0 Å². The Bertz CT molecular complexity index is 3130. The molecule has 0 aliphatic heterocycles. The SMILES string of the molecule is Cc1cc(NC(=O)c2ccc(N=Nc3cc(S(=O)(=O)O)cc4cc(S(=O)(=O)O)ccc34)cc2)ccc1N=Nc1ccc2cc(S(=O)(=O)O)cc(S(=O)(=O)O)c2c1. The first-order valence-corrected chi connectivity index (χ1v) is 21.2. The van der Waals surface area contributed by atoms with Crippen molar-refractivity contribution in [1.29, 1.82) is 0 Å². The summed E-state index contributed by atoms with van der Waals surface area (Å²) in [6.07, 6.45) is 0. The van der Waals surface area contributed by atoms with E-state index in [1.807, 2.05) is 0 Å². The molecule has 0 unspecified atom stereocenters. The molecule has 0 bridgehead atoms. The van der Waals surface area contributed by atoms with Crippen LogP contribution in [-0.4, -0.2) is 57.8 Å². The maximum Gasteiger partial charge on any atom is 0.295 e. The molecule has 22 heteroatoms. The summed E-state index contributed by atoms with van der Waals surface area (Å²) in [6, 6.07) is 21.7. The first-order chi connectivity index (χ1) is 26.1. The Morgan fingerprint density at radius 2 is 1.07 bits per heavy atom. The van der Waals surface area contributed by atoms with E-state index in [1.54, 1.807) is 25.1 Å². The molecule has 18 nitrogen and oxygen atoms in total. The lowest BCUT2D eigenvalue weighted by molar-refractivity contribution is 0.102. The molecule has 6 aromatic carbocycles. The molecular formula is C34H25N5O13S4. The fourth-order valence-corrected chi connectivity index (χ4v) is 7.75. The fourth-order valence-electron chi connectivity index (χ4n) is 5.35. The van der Waals surface area contributed by atoms with E-state index < -0.39 is 66.0 Å². The number of amides is 1. The molecule has 5 N–H and O–H groups in total. The normalized spacial score (nSPS) is 12.9. The lowest BCUT2D eigenvalue weighted by Gasteiger charge is -2.08. The van der Waals surface area contributed by atoms with E-state index in [2.05, 4.69) is 25.8 Å². The summed E-state index contributed by atoms with van der Waals surface area (Å²) in [4.78, 5) is 10.4. The van der Waals surface area contributed by atoms with Crippen LogP contribution in [0, 0.1) is 6.92 Å². The van der Waals surface area contributed by atoms with Gasteiger partial charge in [0.05, 0.1) is 37.4 Å². The minimum atomic E-state index is -4.91. The molecule has 0 heterocycles. The molecule has 6 aromatic rings. The van der Waals surface area contributed by atoms with Crippen LogP contribution in [-0.2, 0) is 40.5 Å². The molecule has 0 aromatic heterocycles. The van der Waals surface area contributed by atoms with Crippen LogP contribution in [0.4, 0.5) is 28.4 Å². The molecule has 0 saturated heterocycles. The predicted octanol–water partition coefficient (Wildman–Crippen LogP) is 7.37. The van der Waals surface area contributed by atoms with E-state index in [-0.39, 0.29) is 44.2 Å². The molecule has 0 radical (unpaired) electrons. The van der Waals surface area contributed by atoms with Gasteiger partial charge in [-0.25, -0.2) is 0 Å². The average molecular weight is 840 g/mol. The summed E-state index contributed by atoms with van der Waals surface area (Å²) in [5.74, 6) is -0.494. The lowest BCUT2D eigenvalue weighted by Crippen LogP contribution is -2.11. The number of fused-ring (bicyclic) bond motifs is 2. The van der Waals surface area contributed by atoms with Gasteiger partial charge in [-0.2, -0.15) is 49.0 Å². The van der Waals surface area contributed by atoms with Gasteiger partial charge in [-0.3, -0.25) is 23.0 Å². The van der Waals surface area contributed by atoms with E-state index >= 15 is 0 Å². The Kier molecular flexibility index (Phi) is 10.4. The Morgan fingerprint density at radius 3 is 1.70 bits per heavy atom. The fraction of sp³-hybridized carbons (Fsp3) is 0.0294. The van der Waals surface area contributed by atoms with Gasteiger partial charge in [-0.05, 0) is 114 Å². The van der Waals surface area contributed by atoms with Gasteiger partial charge in [0.1, 0.15) is 4.90 Å². The monoisotopic (exact) mass is 839 g/mol. The lowest BCUT2D eigenvalue weighted by atomic mass is 10.1. The topological polar surface area (TPSA) is 296 Å². The van der Waals surface area contributed by atoms with Crippen molar-refractivity contribution in [2.75, 3.05) is 5.32 Å². The second kappa shape index (κ2) is 14.7. The number of nitrogens with one attached hydrogen (secondary N) is 1. The van der Waals surface area contributed by atoms with Crippen LogP contribution >= 0.6 is 0 Å². The van der Waals surface area contributed by atoms with Gasteiger partial charge in [0.2, 0.25) is 0 Å². The molecular weight excluding hydrogens is 815 g/mol. The number of hydrogen-bond donors (Lipinski definition) is 5. The Balaban J connectivity index is 1.17. The van der Waals surface area contributed by atoms with Crippen LogP contribution in [0.25, 0.3) is 21.5 Å². The number of rotatable bonds is 10. The van der Waals surface area contributed by atoms with Gasteiger partial charge in [-0.1, -0.05) is 12.1 Å². The van der Waals surface area contributed by atoms with Crippen molar-refractivity contribution < 1.29 is 56.7 Å². The van der Waals surface area contributed by atoms with Gasteiger partial charge < -0.3 is 5.32 Å².